The normalized spacial score (nSPS) is 13.8. The van der Waals surface area contributed by atoms with Crippen molar-refractivity contribution in [2.75, 3.05) is 7.05 Å². The molecule has 0 radical (unpaired) electrons. The number of nitrogens with zero attached hydrogens (tertiary/aromatic N) is 2. The number of aromatic nitrogens is 1. The van der Waals surface area contributed by atoms with E-state index in [-0.39, 0.29) is 6.04 Å². The molecule has 7 heteroatoms. The Labute approximate surface area is 110 Å². The maximum Gasteiger partial charge on any atom is 0.326 e. The van der Waals surface area contributed by atoms with E-state index in [1.165, 1.54) is 25.3 Å². The Bertz CT molecular complexity index is 446. The number of hydrogen-bond donors (Lipinski definition) is 2. The number of carboxylic acids is 1. The molecule has 0 saturated heterocycles. The molecule has 1 rings (SSSR count). The molecule has 6 nitrogen and oxygen atoms in total. The molecule has 2 atom stereocenters. The topological polar surface area (TPSA) is 82.5 Å². The quantitative estimate of drug-likeness (QED) is 0.872. The number of rotatable bonds is 4. The number of thiazole rings is 1. The number of nitrogens with one attached hydrogen (secondary N) is 1. The van der Waals surface area contributed by atoms with Crippen molar-refractivity contribution in [1.29, 1.82) is 0 Å². The number of aliphatic carboxylic acids is 1. The minimum absolute atomic E-state index is 0.236. The van der Waals surface area contributed by atoms with Crippen LogP contribution in [0.15, 0.2) is 5.38 Å². The Morgan fingerprint density at radius 1 is 1.50 bits per heavy atom. The Morgan fingerprint density at radius 2 is 2.11 bits per heavy atom. The molecule has 1 aromatic rings. The molecule has 2 unspecified atom stereocenters. The highest BCUT2D eigenvalue weighted by atomic mass is 32.1. The highest BCUT2D eigenvalue weighted by molar-refractivity contribution is 7.09. The summed E-state index contributed by atoms with van der Waals surface area (Å²) in [7, 11) is 1.45. The molecular formula is C11H17N3O3S. The third kappa shape index (κ3) is 3.43. The summed E-state index contributed by atoms with van der Waals surface area (Å²) in [6.45, 7) is 5.16. The fraction of sp³-hybridized carbons (Fsp3) is 0.545. The zero-order valence-electron chi connectivity index (χ0n) is 10.8. The van der Waals surface area contributed by atoms with Crippen molar-refractivity contribution in [2.45, 2.75) is 32.9 Å². The standard InChI is InChI=1S/C11H17N3O3S/c1-6-5-18-9(12-6)7(2)13-11(17)14(4)8(3)10(15)16/h5,7-8H,1-4H3,(H,13,17)(H,15,16). The van der Waals surface area contributed by atoms with E-state index in [4.69, 9.17) is 5.11 Å². The first-order valence-electron chi connectivity index (χ1n) is 5.51. The maximum absolute atomic E-state index is 11.8. The third-order valence-electron chi connectivity index (χ3n) is 2.61. The van der Waals surface area contributed by atoms with Gasteiger partial charge in [0.1, 0.15) is 11.0 Å². The molecule has 0 saturated carbocycles. The van der Waals surface area contributed by atoms with E-state index < -0.39 is 18.0 Å². The molecule has 2 amide bonds. The Morgan fingerprint density at radius 3 is 2.56 bits per heavy atom. The summed E-state index contributed by atoms with van der Waals surface area (Å²) in [6.07, 6.45) is 0. The Balaban J connectivity index is 2.62. The van der Waals surface area contributed by atoms with Crippen LogP contribution >= 0.6 is 11.3 Å². The summed E-state index contributed by atoms with van der Waals surface area (Å²) in [5.74, 6) is -1.04. The lowest BCUT2D eigenvalue weighted by atomic mass is 10.3. The van der Waals surface area contributed by atoms with E-state index in [0.29, 0.717) is 0 Å². The van der Waals surface area contributed by atoms with Crippen LogP contribution in [0, 0.1) is 6.92 Å². The van der Waals surface area contributed by atoms with Crippen molar-refractivity contribution in [3.05, 3.63) is 16.1 Å². The fourth-order valence-corrected chi connectivity index (χ4v) is 2.07. The van der Waals surface area contributed by atoms with Gasteiger partial charge in [-0.2, -0.15) is 0 Å². The first-order chi connectivity index (χ1) is 8.32. The summed E-state index contributed by atoms with van der Waals surface area (Å²) >= 11 is 1.47. The predicted octanol–water partition coefficient (Wildman–Crippen LogP) is 1.63. The molecule has 1 heterocycles. The van der Waals surface area contributed by atoms with Crippen LogP contribution in [0.5, 0.6) is 0 Å². The van der Waals surface area contributed by atoms with E-state index in [1.807, 2.05) is 19.2 Å². The van der Waals surface area contributed by atoms with Crippen LogP contribution in [0.25, 0.3) is 0 Å². The molecule has 0 spiro atoms. The molecule has 0 aliphatic heterocycles. The van der Waals surface area contributed by atoms with Crippen molar-refractivity contribution in [3.63, 3.8) is 0 Å². The second-order valence-electron chi connectivity index (χ2n) is 4.12. The number of amides is 2. The molecule has 0 aliphatic rings. The van der Waals surface area contributed by atoms with Crippen molar-refractivity contribution < 1.29 is 14.7 Å². The third-order valence-corrected chi connectivity index (χ3v) is 3.75. The van der Waals surface area contributed by atoms with E-state index >= 15 is 0 Å². The minimum atomic E-state index is -1.04. The molecule has 0 aromatic carbocycles. The Hall–Kier alpha value is -1.63. The van der Waals surface area contributed by atoms with Crippen molar-refractivity contribution in [1.82, 2.24) is 15.2 Å². The monoisotopic (exact) mass is 271 g/mol. The molecule has 0 bridgehead atoms. The maximum atomic E-state index is 11.8. The number of aryl methyl sites for hydroxylation is 1. The summed E-state index contributed by atoms with van der Waals surface area (Å²) in [6, 6.07) is -1.53. The van der Waals surface area contributed by atoms with Crippen LogP contribution in [0.4, 0.5) is 4.79 Å². The summed E-state index contributed by atoms with van der Waals surface area (Å²) in [5, 5.41) is 14.2. The van der Waals surface area contributed by atoms with Gasteiger partial charge in [-0.3, -0.25) is 0 Å². The van der Waals surface area contributed by atoms with Gasteiger partial charge < -0.3 is 15.3 Å². The van der Waals surface area contributed by atoms with Crippen LogP contribution in [0.1, 0.15) is 30.6 Å². The second kappa shape index (κ2) is 5.81. The van der Waals surface area contributed by atoms with Gasteiger partial charge in [-0.05, 0) is 20.8 Å². The van der Waals surface area contributed by atoms with Gasteiger partial charge in [0.2, 0.25) is 0 Å². The first kappa shape index (κ1) is 14.4. The van der Waals surface area contributed by atoms with Gasteiger partial charge in [0, 0.05) is 18.1 Å². The lowest BCUT2D eigenvalue weighted by Crippen LogP contribution is -2.46. The van der Waals surface area contributed by atoms with Gasteiger partial charge in [-0.25, -0.2) is 14.6 Å². The number of hydrogen-bond acceptors (Lipinski definition) is 4. The SMILES string of the molecule is Cc1csc(C(C)NC(=O)N(C)C(C)C(=O)O)n1. The molecule has 0 fully saturated rings. The highest BCUT2D eigenvalue weighted by Crippen LogP contribution is 2.17. The summed E-state index contributed by atoms with van der Waals surface area (Å²) < 4.78 is 0. The number of carbonyl (C=O) groups is 2. The average Bonchev–Trinajstić information content (AvgIpc) is 2.73. The smallest absolute Gasteiger partial charge is 0.326 e. The van der Waals surface area contributed by atoms with E-state index in [0.717, 1.165) is 15.6 Å². The lowest BCUT2D eigenvalue weighted by molar-refractivity contribution is -0.141. The van der Waals surface area contributed by atoms with Crippen LogP contribution in [0.2, 0.25) is 0 Å². The van der Waals surface area contributed by atoms with Crippen molar-refractivity contribution >= 4 is 23.3 Å². The van der Waals surface area contributed by atoms with Crippen LogP contribution in [-0.4, -0.2) is 40.1 Å². The lowest BCUT2D eigenvalue weighted by Gasteiger charge is -2.23. The van der Waals surface area contributed by atoms with Crippen molar-refractivity contribution in [2.24, 2.45) is 0 Å². The summed E-state index contributed by atoms with van der Waals surface area (Å²) in [5.41, 5.74) is 0.906. The highest BCUT2D eigenvalue weighted by Gasteiger charge is 2.23. The van der Waals surface area contributed by atoms with Crippen LogP contribution < -0.4 is 5.32 Å². The van der Waals surface area contributed by atoms with E-state index in [2.05, 4.69) is 10.3 Å². The molecule has 100 valence electrons. The van der Waals surface area contributed by atoms with Gasteiger partial charge in [-0.1, -0.05) is 0 Å². The number of urea groups is 1. The zero-order chi connectivity index (χ0) is 13.9. The average molecular weight is 271 g/mol. The van der Waals surface area contributed by atoms with Gasteiger partial charge in [0.15, 0.2) is 0 Å². The van der Waals surface area contributed by atoms with Gasteiger partial charge in [0.05, 0.1) is 6.04 Å². The predicted molar refractivity (Wildman–Crippen MR) is 68.7 cm³/mol. The number of likely N-dealkylation sites (N-methyl/N-ethyl adjacent to an activating group) is 1. The van der Waals surface area contributed by atoms with Gasteiger partial charge in [-0.15, -0.1) is 11.3 Å². The van der Waals surface area contributed by atoms with Gasteiger partial charge in [0.25, 0.3) is 0 Å². The molecule has 0 aliphatic carbocycles. The largest absolute Gasteiger partial charge is 0.480 e. The van der Waals surface area contributed by atoms with Gasteiger partial charge >= 0.3 is 12.0 Å². The van der Waals surface area contributed by atoms with E-state index in [9.17, 15) is 9.59 Å². The Kier molecular flexibility index (Phi) is 4.66. The number of carbonyl (C=O) groups excluding carboxylic acids is 1. The second-order valence-corrected chi connectivity index (χ2v) is 5.01. The molecule has 2 N–H and O–H groups in total. The zero-order valence-corrected chi connectivity index (χ0v) is 11.6. The summed E-state index contributed by atoms with van der Waals surface area (Å²) in [4.78, 5) is 28.0. The van der Waals surface area contributed by atoms with Crippen molar-refractivity contribution in [3.8, 4) is 0 Å². The number of carboxylic acid groups (broad SMARTS) is 1. The fourth-order valence-electron chi connectivity index (χ4n) is 1.26. The van der Waals surface area contributed by atoms with E-state index in [1.54, 1.807) is 0 Å². The minimum Gasteiger partial charge on any atom is -0.480 e. The van der Waals surface area contributed by atoms with Crippen LogP contribution in [-0.2, 0) is 4.79 Å². The van der Waals surface area contributed by atoms with Crippen LogP contribution in [0.3, 0.4) is 0 Å². The first-order valence-corrected chi connectivity index (χ1v) is 6.39. The molecule has 18 heavy (non-hydrogen) atoms. The molecular weight excluding hydrogens is 254 g/mol. The molecule has 1 aromatic heterocycles.